The SMILES string of the molecule is CN1CCC[C@@H]1c1cc2cnc(NC(=O)c3ccc(N4CCC(CC#Cc5ccc6c(c5)CN(C5CCC(=O)N(COCC[Si](C)(C)C)C5=O)C6=O)CC4)nc3)cc2n1C(=O)OC(C)(C)C. The molecule has 3 fully saturated rings. The van der Waals surface area contributed by atoms with E-state index in [1.165, 1.54) is 4.90 Å². The summed E-state index contributed by atoms with van der Waals surface area (Å²) < 4.78 is 13.2. The molecule has 4 aliphatic rings. The minimum Gasteiger partial charge on any atom is -0.443 e. The lowest BCUT2D eigenvalue weighted by Gasteiger charge is -2.35. The number of ether oxygens (including phenoxy) is 2. The molecule has 2 atom stereocenters. The molecule has 7 heterocycles. The quantitative estimate of drug-likeness (QED) is 0.0681. The summed E-state index contributed by atoms with van der Waals surface area (Å²) in [6.07, 6.45) is 7.90. The van der Waals surface area contributed by atoms with Crippen LogP contribution in [0, 0.1) is 17.8 Å². The van der Waals surface area contributed by atoms with Crippen LogP contribution in [-0.4, -0.2) is 119 Å². The third-order valence-electron chi connectivity index (χ3n) is 13.0. The first-order valence-corrected chi connectivity index (χ1v) is 27.0. The molecule has 4 aromatic rings. The Labute approximate surface area is 388 Å². The van der Waals surface area contributed by atoms with Gasteiger partial charge in [0.1, 0.15) is 30.0 Å². The predicted octanol–water partition coefficient (Wildman–Crippen LogP) is 7.68. The van der Waals surface area contributed by atoms with Gasteiger partial charge in [0.15, 0.2) is 0 Å². The molecule has 0 bridgehead atoms. The maximum Gasteiger partial charge on any atom is 0.419 e. The molecule has 8 rings (SSSR count). The number of aromatic nitrogens is 3. The third kappa shape index (κ3) is 10.5. The summed E-state index contributed by atoms with van der Waals surface area (Å²) in [4.78, 5) is 83.0. The van der Waals surface area contributed by atoms with E-state index in [4.69, 9.17) is 9.47 Å². The molecule has 0 radical (unpaired) electrons. The average molecular weight is 915 g/mol. The normalized spacial score (nSPS) is 19.6. The zero-order chi connectivity index (χ0) is 46.9. The molecule has 4 amide bonds. The molecule has 0 aliphatic carbocycles. The zero-order valence-electron chi connectivity index (χ0n) is 39.3. The van der Waals surface area contributed by atoms with Crippen LogP contribution in [0.25, 0.3) is 10.9 Å². The minimum atomic E-state index is -1.32. The van der Waals surface area contributed by atoms with Gasteiger partial charge in [-0.05, 0) is 120 Å². The summed E-state index contributed by atoms with van der Waals surface area (Å²) in [5, 5.41) is 3.69. The number of carbonyl (C=O) groups is 5. The Bertz CT molecular complexity index is 2580. The van der Waals surface area contributed by atoms with Crippen molar-refractivity contribution in [1.82, 2.24) is 29.2 Å². The van der Waals surface area contributed by atoms with E-state index in [0.717, 1.165) is 85.8 Å². The van der Waals surface area contributed by atoms with Gasteiger partial charge < -0.3 is 24.6 Å². The van der Waals surface area contributed by atoms with E-state index in [9.17, 15) is 24.0 Å². The summed E-state index contributed by atoms with van der Waals surface area (Å²) in [5.41, 5.74) is 3.42. The van der Waals surface area contributed by atoms with Crippen LogP contribution in [0.1, 0.15) is 109 Å². The number of nitrogens with one attached hydrogen (secondary N) is 1. The van der Waals surface area contributed by atoms with E-state index >= 15 is 0 Å². The lowest BCUT2D eigenvalue weighted by atomic mass is 9.93. The fourth-order valence-electron chi connectivity index (χ4n) is 9.24. The van der Waals surface area contributed by atoms with Crippen LogP contribution >= 0.6 is 0 Å². The van der Waals surface area contributed by atoms with Gasteiger partial charge in [0, 0.05) is 87.8 Å². The molecule has 3 saturated heterocycles. The predicted molar refractivity (Wildman–Crippen MR) is 255 cm³/mol. The van der Waals surface area contributed by atoms with Gasteiger partial charge in [-0.15, -0.1) is 0 Å². The molecule has 4 aliphatic heterocycles. The maximum absolute atomic E-state index is 13.6. The molecule has 1 N–H and O–H groups in total. The molecular formula is C50H62N8O7Si. The summed E-state index contributed by atoms with van der Waals surface area (Å²) in [6, 6.07) is 13.3. The number of carbonyl (C=O) groups excluding carboxylic acids is 5. The Hall–Kier alpha value is -5.89. The first-order chi connectivity index (χ1) is 31.4. The number of imide groups is 1. The maximum atomic E-state index is 13.6. The molecule has 348 valence electrons. The van der Waals surface area contributed by atoms with Gasteiger partial charge >= 0.3 is 6.09 Å². The van der Waals surface area contributed by atoms with Gasteiger partial charge in [-0.2, -0.15) is 0 Å². The largest absolute Gasteiger partial charge is 0.443 e. The Morgan fingerprint density at radius 3 is 2.41 bits per heavy atom. The number of fused-ring (bicyclic) bond motifs is 2. The summed E-state index contributed by atoms with van der Waals surface area (Å²) in [5.74, 6) is 7.03. The first kappa shape index (κ1) is 46.6. The number of hydrogen-bond donors (Lipinski definition) is 1. The number of pyridine rings is 2. The molecule has 66 heavy (non-hydrogen) atoms. The van der Waals surface area contributed by atoms with Gasteiger partial charge in [-0.25, -0.2) is 19.3 Å². The Morgan fingerprint density at radius 2 is 1.71 bits per heavy atom. The number of likely N-dealkylation sites (tertiary alicyclic amines) is 2. The molecular weight excluding hydrogens is 853 g/mol. The van der Waals surface area contributed by atoms with Gasteiger partial charge in [-0.1, -0.05) is 31.5 Å². The van der Waals surface area contributed by atoms with Crippen LogP contribution in [0.5, 0.6) is 0 Å². The smallest absolute Gasteiger partial charge is 0.419 e. The van der Waals surface area contributed by atoms with Crippen molar-refractivity contribution in [3.63, 3.8) is 0 Å². The zero-order valence-corrected chi connectivity index (χ0v) is 40.3. The van der Waals surface area contributed by atoms with Crippen LogP contribution in [-0.2, 0) is 25.6 Å². The van der Waals surface area contributed by atoms with Gasteiger partial charge in [-0.3, -0.25) is 29.0 Å². The number of anilines is 2. The van der Waals surface area contributed by atoms with E-state index in [0.29, 0.717) is 48.0 Å². The van der Waals surface area contributed by atoms with Gasteiger partial charge in [0.05, 0.1) is 17.1 Å². The van der Waals surface area contributed by atoms with Crippen LogP contribution in [0.2, 0.25) is 25.7 Å². The van der Waals surface area contributed by atoms with Crippen LogP contribution in [0.4, 0.5) is 16.4 Å². The monoisotopic (exact) mass is 914 g/mol. The minimum absolute atomic E-state index is 0.0678. The summed E-state index contributed by atoms with van der Waals surface area (Å²) in [7, 11) is 0.741. The molecule has 15 nitrogen and oxygen atoms in total. The molecule has 1 unspecified atom stereocenters. The highest BCUT2D eigenvalue weighted by Gasteiger charge is 2.43. The van der Waals surface area contributed by atoms with Crippen molar-refractivity contribution < 1.29 is 33.4 Å². The van der Waals surface area contributed by atoms with E-state index in [-0.39, 0.29) is 42.8 Å². The van der Waals surface area contributed by atoms with E-state index in [2.05, 4.69) is 63.6 Å². The van der Waals surface area contributed by atoms with Crippen LogP contribution in [0.15, 0.2) is 54.9 Å². The molecule has 3 aromatic heterocycles. The van der Waals surface area contributed by atoms with Crippen LogP contribution in [0.3, 0.4) is 0 Å². The van der Waals surface area contributed by atoms with E-state index in [1.807, 2.05) is 45.0 Å². The van der Waals surface area contributed by atoms with Crippen LogP contribution < -0.4 is 10.2 Å². The molecule has 16 heteroatoms. The highest BCUT2D eigenvalue weighted by atomic mass is 28.3. The van der Waals surface area contributed by atoms with Crippen molar-refractivity contribution in [3.05, 3.63) is 82.8 Å². The van der Waals surface area contributed by atoms with E-state index in [1.54, 1.807) is 40.1 Å². The number of amides is 4. The number of piperidine rings is 2. The van der Waals surface area contributed by atoms with Crippen molar-refractivity contribution in [2.45, 2.75) is 116 Å². The highest BCUT2D eigenvalue weighted by Crippen LogP contribution is 2.36. The lowest BCUT2D eigenvalue weighted by Crippen LogP contribution is -2.55. The van der Waals surface area contributed by atoms with E-state index < -0.39 is 25.8 Å². The Morgan fingerprint density at radius 1 is 0.924 bits per heavy atom. The second-order valence-corrected chi connectivity index (χ2v) is 25.9. The standard InChI is InChI=1S/C50H62N8O7Si/c1-50(2,3)65-49(63)58-41-28-43(51-30-36(41)27-42(58)39-12-9-21-54(39)4)53-46(60)35-14-17-44(52-29-35)55-22-19-33(20-23-55)10-8-11-34-13-15-38-37(26-34)31-56(47(38)61)40-16-18-45(59)57(48(40)62)32-64-24-25-66(5,6)7/h13-15,17,26-30,33,39-40H,9-10,12,16,18-25,31-32H2,1-7H3,(H,51,53,60)/t39-,40?/m1/s1. The fourth-order valence-corrected chi connectivity index (χ4v) is 10.0. The topological polar surface area (TPSA) is 160 Å². The van der Waals surface area contributed by atoms with Gasteiger partial charge in [0.2, 0.25) is 5.91 Å². The fraction of sp³-hybridized carbons (Fsp3) is 0.500. The first-order valence-electron chi connectivity index (χ1n) is 23.2. The Balaban J connectivity index is 0.829. The number of hydrogen-bond acceptors (Lipinski definition) is 11. The second kappa shape index (κ2) is 19.1. The molecule has 1 aromatic carbocycles. The summed E-state index contributed by atoms with van der Waals surface area (Å²) >= 11 is 0. The van der Waals surface area contributed by atoms with Gasteiger partial charge in [0.25, 0.3) is 17.7 Å². The number of nitrogens with zero attached hydrogens (tertiary/aromatic N) is 7. The average Bonchev–Trinajstić information content (AvgIpc) is 3.96. The van der Waals surface area contributed by atoms with Crippen molar-refractivity contribution in [3.8, 4) is 11.8 Å². The van der Waals surface area contributed by atoms with Crippen molar-refractivity contribution >= 4 is 60.3 Å². The number of benzene rings is 1. The second-order valence-electron chi connectivity index (χ2n) is 20.3. The Kier molecular flexibility index (Phi) is 13.5. The number of rotatable bonds is 11. The highest BCUT2D eigenvalue weighted by molar-refractivity contribution is 6.76. The molecule has 0 spiro atoms. The third-order valence-corrected chi connectivity index (χ3v) is 14.7. The van der Waals surface area contributed by atoms with Crippen molar-refractivity contribution in [2.24, 2.45) is 5.92 Å². The molecule has 0 saturated carbocycles. The van der Waals surface area contributed by atoms with Crippen molar-refractivity contribution in [1.29, 1.82) is 0 Å². The summed E-state index contributed by atoms with van der Waals surface area (Å²) in [6.45, 7) is 15.6. The lowest BCUT2D eigenvalue weighted by molar-refractivity contribution is -0.158. The van der Waals surface area contributed by atoms with Crippen molar-refractivity contribution in [2.75, 3.05) is 50.2 Å².